The van der Waals surface area contributed by atoms with E-state index in [9.17, 15) is 14.7 Å². The molecule has 2 atom stereocenters. The maximum atomic E-state index is 12.5. The van der Waals surface area contributed by atoms with Gasteiger partial charge in [0.2, 0.25) is 0 Å². The highest BCUT2D eigenvalue weighted by Crippen LogP contribution is 2.31. The molecule has 19 heavy (non-hydrogen) atoms. The van der Waals surface area contributed by atoms with Gasteiger partial charge in [-0.3, -0.25) is 4.79 Å². The molecule has 2 unspecified atom stereocenters. The van der Waals surface area contributed by atoms with Gasteiger partial charge in [0.15, 0.2) is 0 Å². The van der Waals surface area contributed by atoms with Crippen LogP contribution in [-0.2, 0) is 9.53 Å². The molecule has 1 N–H and O–H groups in total. The van der Waals surface area contributed by atoms with Crippen LogP contribution >= 0.6 is 0 Å². The molecule has 0 saturated carbocycles. The summed E-state index contributed by atoms with van der Waals surface area (Å²) in [6.07, 6.45) is 1.38. The Morgan fingerprint density at radius 3 is 2.74 bits per heavy atom. The second-order valence-corrected chi connectivity index (χ2v) is 5.65. The molecule has 2 rings (SSSR count). The molecule has 0 aromatic rings. The first-order chi connectivity index (χ1) is 8.98. The molecule has 0 aliphatic carbocycles. The zero-order valence-corrected chi connectivity index (χ0v) is 11.6. The number of carboxylic acid groups (broad SMARTS) is 1. The number of hydrogen-bond donors (Lipinski definition) is 1. The number of carbonyl (C=O) groups excluding carboxylic acids is 1. The highest BCUT2D eigenvalue weighted by Gasteiger charge is 2.43. The molecule has 2 saturated heterocycles. The highest BCUT2D eigenvalue weighted by molar-refractivity contribution is 5.79. The van der Waals surface area contributed by atoms with E-state index in [1.165, 1.54) is 0 Å². The van der Waals surface area contributed by atoms with Gasteiger partial charge in [0.25, 0.3) is 0 Å². The number of hydrogen-bond acceptors (Lipinski definition) is 3. The first kappa shape index (κ1) is 14.1. The van der Waals surface area contributed by atoms with Gasteiger partial charge in [-0.25, -0.2) is 4.79 Å². The summed E-state index contributed by atoms with van der Waals surface area (Å²) in [4.78, 5) is 27.2. The molecule has 6 nitrogen and oxygen atoms in total. The lowest BCUT2D eigenvalue weighted by atomic mass is 9.90. The minimum Gasteiger partial charge on any atom is -0.481 e. The van der Waals surface area contributed by atoms with E-state index in [0.717, 1.165) is 6.42 Å². The van der Waals surface area contributed by atoms with E-state index in [2.05, 4.69) is 0 Å². The van der Waals surface area contributed by atoms with E-state index >= 15 is 0 Å². The molecule has 6 heteroatoms. The van der Waals surface area contributed by atoms with Gasteiger partial charge in [0, 0.05) is 19.6 Å². The van der Waals surface area contributed by atoms with Crippen molar-refractivity contribution in [3.05, 3.63) is 0 Å². The fourth-order valence-electron chi connectivity index (χ4n) is 2.73. The Morgan fingerprint density at radius 2 is 2.16 bits per heavy atom. The molecule has 2 heterocycles. The van der Waals surface area contributed by atoms with Crippen LogP contribution in [0.25, 0.3) is 0 Å². The lowest BCUT2D eigenvalue weighted by Crippen LogP contribution is -2.53. The quantitative estimate of drug-likeness (QED) is 0.813. The average Bonchev–Trinajstić information content (AvgIpc) is 2.82. The first-order valence-corrected chi connectivity index (χ1v) is 6.84. The number of carboxylic acids is 1. The molecule has 2 aliphatic rings. The molecule has 0 bridgehead atoms. The van der Waals surface area contributed by atoms with E-state index in [0.29, 0.717) is 39.3 Å². The summed E-state index contributed by atoms with van der Waals surface area (Å²) in [5.41, 5.74) is -0.802. The van der Waals surface area contributed by atoms with E-state index < -0.39 is 11.4 Å². The Hall–Kier alpha value is -1.30. The molecule has 2 amide bonds. The summed E-state index contributed by atoms with van der Waals surface area (Å²) < 4.78 is 5.39. The van der Waals surface area contributed by atoms with Gasteiger partial charge in [-0.2, -0.15) is 0 Å². The topological polar surface area (TPSA) is 70.1 Å². The van der Waals surface area contributed by atoms with Crippen LogP contribution in [-0.4, -0.2) is 65.8 Å². The Labute approximate surface area is 113 Å². The maximum absolute atomic E-state index is 12.5. The smallest absolute Gasteiger partial charge is 0.320 e. The monoisotopic (exact) mass is 270 g/mol. The summed E-state index contributed by atoms with van der Waals surface area (Å²) >= 11 is 0. The van der Waals surface area contributed by atoms with Crippen molar-refractivity contribution in [1.29, 1.82) is 0 Å². The van der Waals surface area contributed by atoms with E-state index in [1.807, 2.05) is 11.8 Å². The Kier molecular flexibility index (Phi) is 3.99. The maximum Gasteiger partial charge on any atom is 0.320 e. The number of carbonyl (C=O) groups is 2. The summed E-state index contributed by atoms with van der Waals surface area (Å²) in [5, 5.41) is 9.21. The van der Waals surface area contributed by atoms with Crippen molar-refractivity contribution < 1.29 is 19.4 Å². The molecule has 0 aromatic heterocycles. The van der Waals surface area contributed by atoms with Crippen LogP contribution in [0.3, 0.4) is 0 Å². The van der Waals surface area contributed by atoms with Gasteiger partial charge in [-0.05, 0) is 19.8 Å². The predicted molar refractivity (Wildman–Crippen MR) is 68.9 cm³/mol. The number of aliphatic carboxylic acids is 1. The lowest BCUT2D eigenvalue weighted by Gasteiger charge is -2.37. The second kappa shape index (κ2) is 5.36. The minimum absolute atomic E-state index is 0.0416. The van der Waals surface area contributed by atoms with Crippen LogP contribution in [0.2, 0.25) is 0 Å². The standard InChI is InChI=1S/C13H22N2O4/c1-3-10-8-19-7-6-15(10)12(18)14-5-4-13(2,9-14)11(16)17/h10H,3-9H2,1-2H3,(H,16,17). The Bertz CT molecular complexity index is 374. The number of nitrogens with zero attached hydrogens (tertiary/aromatic N) is 2. The number of amides is 2. The third-order valence-corrected chi connectivity index (χ3v) is 4.20. The van der Waals surface area contributed by atoms with Crippen molar-refractivity contribution in [2.75, 3.05) is 32.8 Å². The van der Waals surface area contributed by atoms with Crippen LogP contribution < -0.4 is 0 Å². The van der Waals surface area contributed by atoms with Gasteiger partial charge in [-0.15, -0.1) is 0 Å². The first-order valence-electron chi connectivity index (χ1n) is 6.84. The molecule has 0 aromatic carbocycles. The van der Waals surface area contributed by atoms with E-state index in [1.54, 1.807) is 11.8 Å². The number of urea groups is 1. The normalized spacial score (nSPS) is 31.6. The molecule has 0 radical (unpaired) electrons. The lowest BCUT2D eigenvalue weighted by molar-refractivity contribution is -0.147. The number of morpholine rings is 1. The fourth-order valence-corrected chi connectivity index (χ4v) is 2.73. The highest BCUT2D eigenvalue weighted by atomic mass is 16.5. The van der Waals surface area contributed by atoms with Crippen molar-refractivity contribution in [3.63, 3.8) is 0 Å². The molecular weight excluding hydrogens is 248 g/mol. The van der Waals surface area contributed by atoms with Crippen molar-refractivity contribution in [1.82, 2.24) is 9.80 Å². The van der Waals surface area contributed by atoms with Crippen molar-refractivity contribution in [3.8, 4) is 0 Å². The zero-order valence-electron chi connectivity index (χ0n) is 11.6. The zero-order chi connectivity index (χ0) is 14.0. The number of rotatable bonds is 2. The van der Waals surface area contributed by atoms with Gasteiger partial charge in [-0.1, -0.05) is 6.92 Å². The molecule has 0 spiro atoms. The summed E-state index contributed by atoms with van der Waals surface area (Å²) in [7, 11) is 0. The fraction of sp³-hybridized carbons (Fsp3) is 0.846. The van der Waals surface area contributed by atoms with E-state index in [-0.39, 0.29) is 12.1 Å². The molecule has 2 fully saturated rings. The van der Waals surface area contributed by atoms with Crippen LogP contribution in [0.4, 0.5) is 4.79 Å². The summed E-state index contributed by atoms with van der Waals surface area (Å²) in [6, 6.07) is 0.0676. The molecule has 2 aliphatic heterocycles. The van der Waals surface area contributed by atoms with Crippen LogP contribution in [0.1, 0.15) is 26.7 Å². The minimum atomic E-state index is -0.822. The number of likely N-dealkylation sites (tertiary alicyclic amines) is 1. The SMILES string of the molecule is CCC1COCCN1C(=O)N1CCC(C)(C(=O)O)C1. The third-order valence-electron chi connectivity index (χ3n) is 4.20. The van der Waals surface area contributed by atoms with Gasteiger partial charge < -0.3 is 19.6 Å². The third kappa shape index (κ3) is 2.68. The number of ether oxygens (including phenoxy) is 1. The van der Waals surface area contributed by atoms with Gasteiger partial charge in [0.1, 0.15) is 0 Å². The van der Waals surface area contributed by atoms with Crippen LogP contribution in [0, 0.1) is 5.41 Å². The molecular formula is C13H22N2O4. The van der Waals surface area contributed by atoms with Crippen LogP contribution in [0.5, 0.6) is 0 Å². The van der Waals surface area contributed by atoms with Gasteiger partial charge in [0.05, 0.1) is 24.7 Å². The largest absolute Gasteiger partial charge is 0.481 e. The van der Waals surface area contributed by atoms with Crippen molar-refractivity contribution in [2.24, 2.45) is 5.41 Å². The Balaban J connectivity index is 2.02. The Morgan fingerprint density at radius 1 is 1.42 bits per heavy atom. The average molecular weight is 270 g/mol. The summed E-state index contributed by atoms with van der Waals surface area (Å²) in [5.74, 6) is -0.822. The second-order valence-electron chi connectivity index (χ2n) is 5.65. The van der Waals surface area contributed by atoms with Gasteiger partial charge >= 0.3 is 12.0 Å². The van der Waals surface area contributed by atoms with Crippen molar-refractivity contribution in [2.45, 2.75) is 32.7 Å². The van der Waals surface area contributed by atoms with E-state index in [4.69, 9.17) is 4.74 Å². The summed E-state index contributed by atoms with van der Waals surface area (Å²) in [6.45, 7) is 6.30. The predicted octanol–water partition coefficient (Wildman–Crippen LogP) is 1.01. The van der Waals surface area contributed by atoms with Crippen LogP contribution in [0.15, 0.2) is 0 Å². The van der Waals surface area contributed by atoms with Crippen molar-refractivity contribution >= 4 is 12.0 Å². The molecule has 108 valence electrons.